The fourth-order valence-corrected chi connectivity index (χ4v) is 2.32. The summed E-state index contributed by atoms with van der Waals surface area (Å²) in [6.07, 6.45) is -3.34. The van der Waals surface area contributed by atoms with Gasteiger partial charge >= 0.3 is 6.18 Å². The van der Waals surface area contributed by atoms with E-state index in [9.17, 15) is 13.2 Å². The predicted octanol–water partition coefficient (Wildman–Crippen LogP) is 3.81. The highest BCUT2D eigenvalue weighted by Crippen LogP contribution is 2.36. The molecule has 0 N–H and O–H groups in total. The number of nitrogens with zero attached hydrogens (tertiary/aromatic N) is 3. The highest BCUT2D eigenvalue weighted by molar-refractivity contribution is 7.15. The summed E-state index contributed by atoms with van der Waals surface area (Å²) in [6.45, 7) is 2.43. The van der Waals surface area contributed by atoms with Crippen LogP contribution in [-0.2, 0) is 17.5 Å². The fraction of sp³-hybridized carbons (Fsp3) is 0.364. The minimum Gasteiger partial charge on any atom is -0.374 e. The summed E-state index contributed by atoms with van der Waals surface area (Å²) < 4.78 is 42.7. The van der Waals surface area contributed by atoms with Crippen molar-refractivity contribution in [3.05, 3.63) is 28.2 Å². The summed E-state index contributed by atoms with van der Waals surface area (Å²) >= 11 is 6.34. The molecule has 0 saturated heterocycles. The van der Waals surface area contributed by atoms with Gasteiger partial charge in [0, 0.05) is 18.9 Å². The van der Waals surface area contributed by atoms with Gasteiger partial charge in [0.15, 0.2) is 10.8 Å². The van der Waals surface area contributed by atoms with Crippen molar-refractivity contribution in [2.75, 3.05) is 6.61 Å². The van der Waals surface area contributed by atoms with Gasteiger partial charge in [0.05, 0.1) is 10.6 Å². The maximum Gasteiger partial charge on any atom is 0.443 e. The van der Waals surface area contributed by atoms with Crippen LogP contribution in [0, 0.1) is 0 Å². The molecule has 2 rings (SSSR count). The maximum atomic E-state index is 12.5. The molecule has 0 aliphatic rings. The van der Waals surface area contributed by atoms with Gasteiger partial charge in [-0.3, -0.25) is 0 Å². The van der Waals surface area contributed by atoms with Gasteiger partial charge in [-0.05, 0) is 6.92 Å². The summed E-state index contributed by atoms with van der Waals surface area (Å²) in [5.74, 6) is 0.316. The van der Waals surface area contributed by atoms with Crippen LogP contribution >= 0.6 is 22.9 Å². The zero-order valence-corrected chi connectivity index (χ0v) is 11.8. The first-order valence-corrected chi connectivity index (χ1v) is 6.74. The van der Waals surface area contributed by atoms with Gasteiger partial charge in [0.1, 0.15) is 11.8 Å². The van der Waals surface area contributed by atoms with Crippen LogP contribution in [0.25, 0.3) is 10.6 Å². The van der Waals surface area contributed by atoms with E-state index in [1.54, 1.807) is 0 Å². The average Bonchev–Trinajstić information content (AvgIpc) is 2.85. The van der Waals surface area contributed by atoms with Gasteiger partial charge in [-0.25, -0.2) is 15.0 Å². The van der Waals surface area contributed by atoms with Crippen molar-refractivity contribution in [1.29, 1.82) is 0 Å². The van der Waals surface area contributed by atoms with E-state index in [1.807, 2.05) is 6.92 Å². The number of aromatic nitrogens is 3. The molecule has 2 aromatic rings. The lowest BCUT2D eigenvalue weighted by atomic mass is 10.3. The normalized spacial score (nSPS) is 11.8. The number of rotatable bonds is 4. The van der Waals surface area contributed by atoms with E-state index in [0.29, 0.717) is 29.5 Å². The van der Waals surface area contributed by atoms with Crippen molar-refractivity contribution >= 4 is 22.9 Å². The largest absolute Gasteiger partial charge is 0.443 e. The molecule has 0 amide bonds. The number of ether oxygens (including phenoxy) is 1. The minimum atomic E-state index is -4.46. The van der Waals surface area contributed by atoms with Crippen LogP contribution in [0.4, 0.5) is 13.2 Å². The van der Waals surface area contributed by atoms with Gasteiger partial charge in [-0.2, -0.15) is 13.2 Å². The third-order valence-corrected chi connectivity index (χ3v) is 3.44. The molecule has 0 spiro atoms. The number of halogens is 4. The van der Waals surface area contributed by atoms with Crippen molar-refractivity contribution in [3.63, 3.8) is 0 Å². The smallest absolute Gasteiger partial charge is 0.374 e. The molecule has 0 aliphatic heterocycles. The highest BCUT2D eigenvalue weighted by Gasteiger charge is 2.34. The summed E-state index contributed by atoms with van der Waals surface area (Å²) in [6, 6.07) is 1.39. The molecule has 0 fully saturated rings. The van der Waals surface area contributed by atoms with Gasteiger partial charge in [-0.1, -0.05) is 11.6 Å². The second kappa shape index (κ2) is 6.02. The van der Waals surface area contributed by atoms with Crippen LogP contribution in [-0.4, -0.2) is 21.6 Å². The van der Waals surface area contributed by atoms with Crippen LogP contribution in [0.2, 0.25) is 5.15 Å². The Morgan fingerprint density at radius 2 is 2.10 bits per heavy atom. The monoisotopic (exact) mass is 323 g/mol. The Kier molecular flexibility index (Phi) is 4.56. The number of alkyl halides is 3. The van der Waals surface area contributed by atoms with Crippen LogP contribution < -0.4 is 0 Å². The van der Waals surface area contributed by atoms with Crippen molar-refractivity contribution in [2.24, 2.45) is 0 Å². The van der Waals surface area contributed by atoms with E-state index < -0.39 is 11.2 Å². The van der Waals surface area contributed by atoms with Crippen LogP contribution in [0.15, 0.2) is 12.3 Å². The SMILES string of the molecule is CCOCc1nc(Cl)cc(-c2cnc(C(F)(F)F)s2)n1. The second-order valence-corrected chi connectivity index (χ2v) is 5.07. The molecule has 0 aliphatic carbocycles. The topological polar surface area (TPSA) is 47.9 Å². The summed E-state index contributed by atoms with van der Waals surface area (Å²) in [5, 5.41) is -0.778. The molecule has 0 unspecified atom stereocenters. The van der Waals surface area contributed by atoms with Crippen molar-refractivity contribution in [2.45, 2.75) is 19.7 Å². The third kappa shape index (κ3) is 3.65. The molecule has 0 aromatic carbocycles. The fourth-order valence-electron chi connectivity index (χ4n) is 1.37. The molecule has 9 heteroatoms. The third-order valence-electron chi connectivity index (χ3n) is 2.18. The average molecular weight is 324 g/mol. The molecule has 0 saturated carbocycles. The molecule has 4 nitrogen and oxygen atoms in total. The Bertz CT molecular complexity index is 603. The first-order chi connectivity index (χ1) is 9.40. The number of thiazole rings is 1. The first kappa shape index (κ1) is 15.1. The molecule has 2 heterocycles. The highest BCUT2D eigenvalue weighted by atomic mass is 35.5. The lowest BCUT2D eigenvalue weighted by Gasteiger charge is -2.03. The first-order valence-electron chi connectivity index (χ1n) is 5.54. The van der Waals surface area contributed by atoms with Gasteiger partial charge < -0.3 is 4.74 Å². The predicted molar refractivity (Wildman–Crippen MR) is 68.5 cm³/mol. The molecule has 108 valence electrons. The maximum absolute atomic E-state index is 12.5. The zero-order chi connectivity index (χ0) is 14.8. The summed E-state index contributed by atoms with van der Waals surface area (Å²) in [7, 11) is 0. The summed E-state index contributed by atoms with van der Waals surface area (Å²) in [5.41, 5.74) is 0.299. The summed E-state index contributed by atoms with van der Waals surface area (Å²) in [4.78, 5) is 11.7. The van der Waals surface area contributed by atoms with Crippen molar-refractivity contribution < 1.29 is 17.9 Å². The van der Waals surface area contributed by atoms with E-state index in [1.165, 1.54) is 6.07 Å². The second-order valence-electron chi connectivity index (χ2n) is 3.66. The van der Waals surface area contributed by atoms with Gasteiger partial charge in [0.2, 0.25) is 0 Å². The zero-order valence-electron chi connectivity index (χ0n) is 10.2. The lowest BCUT2D eigenvalue weighted by molar-refractivity contribution is -0.137. The molecular weight excluding hydrogens is 315 g/mol. The molecule has 0 bridgehead atoms. The minimum absolute atomic E-state index is 0.145. The lowest BCUT2D eigenvalue weighted by Crippen LogP contribution is -2.02. The van der Waals surface area contributed by atoms with Crippen molar-refractivity contribution in [1.82, 2.24) is 15.0 Å². The Balaban J connectivity index is 2.32. The van der Waals surface area contributed by atoms with Crippen LogP contribution in [0.1, 0.15) is 17.8 Å². The number of hydrogen-bond donors (Lipinski definition) is 0. The van der Waals surface area contributed by atoms with E-state index in [0.717, 1.165) is 6.20 Å². The quantitative estimate of drug-likeness (QED) is 0.803. The Labute approximate surface area is 121 Å². The van der Waals surface area contributed by atoms with E-state index in [4.69, 9.17) is 16.3 Å². The van der Waals surface area contributed by atoms with Crippen LogP contribution in [0.3, 0.4) is 0 Å². The number of hydrogen-bond acceptors (Lipinski definition) is 5. The standard InChI is InChI=1S/C11H9ClF3N3OS/c1-2-19-5-9-17-6(3-8(12)18-9)7-4-16-10(20-7)11(13,14)15/h3-4H,2,5H2,1H3. The van der Waals surface area contributed by atoms with E-state index >= 15 is 0 Å². The van der Waals surface area contributed by atoms with Crippen LogP contribution in [0.5, 0.6) is 0 Å². The van der Waals surface area contributed by atoms with Gasteiger partial charge in [0.25, 0.3) is 0 Å². The Morgan fingerprint density at radius 1 is 1.35 bits per heavy atom. The van der Waals surface area contributed by atoms with E-state index in [-0.39, 0.29) is 16.6 Å². The van der Waals surface area contributed by atoms with E-state index in [2.05, 4.69) is 15.0 Å². The molecule has 2 aromatic heterocycles. The Hall–Kier alpha value is -1.25. The Morgan fingerprint density at radius 3 is 2.70 bits per heavy atom. The molecule has 0 radical (unpaired) electrons. The molecular formula is C11H9ClF3N3OS. The molecule has 0 atom stereocenters. The molecule has 20 heavy (non-hydrogen) atoms. The van der Waals surface area contributed by atoms with Gasteiger partial charge in [-0.15, -0.1) is 11.3 Å². The van der Waals surface area contributed by atoms with Crippen molar-refractivity contribution in [3.8, 4) is 10.6 Å².